The van der Waals surface area contributed by atoms with Crippen molar-refractivity contribution in [2.45, 2.75) is 12.8 Å². The Morgan fingerprint density at radius 2 is 2.50 bits per heavy atom. The fraction of sp³-hybridized carbons (Fsp3) is 0.600. The maximum Gasteiger partial charge on any atom is 0.256 e. The Morgan fingerprint density at radius 3 is 3.12 bits per heavy atom. The first kappa shape index (κ1) is 10.9. The maximum atomic E-state index is 11.5. The molecule has 0 bridgehead atoms. The number of anilines is 1. The summed E-state index contributed by atoms with van der Waals surface area (Å²) in [6.07, 6.45) is 3.96. The highest BCUT2D eigenvalue weighted by Gasteiger charge is 2.20. The van der Waals surface area contributed by atoms with Gasteiger partial charge < -0.3 is 15.8 Å². The Hall–Kier alpha value is -1.56. The van der Waals surface area contributed by atoms with Gasteiger partial charge in [0, 0.05) is 13.2 Å². The van der Waals surface area contributed by atoms with E-state index in [1.165, 1.54) is 19.0 Å². The fourth-order valence-electron chi connectivity index (χ4n) is 1.34. The summed E-state index contributed by atoms with van der Waals surface area (Å²) in [5.74, 6) is 0.817. The van der Waals surface area contributed by atoms with Crippen LogP contribution in [-0.2, 0) is 4.74 Å². The molecular formula is C10H16N4O2. The molecular weight excluding hydrogens is 208 g/mol. The van der Waals surface area contributed by atoms with Crippen molar-refractivity contribution in [2.75, 3.05) is 25.5 Å². The Balaban J connectivity index is 1.61. The summed E-state index contributed by atoms with van der Waals surface area (Å²) >= 11 is 0. The van der Waals surface area contributed by atoms with E-state index in [0.717, 1.165) is 12.5 Å². The third kappa shape index (κ3) is 2.96. The summed E-state index contributed by atoms with van der Waals surface area (Å²) in [5.41, 5.74) is 5.89. The first-order chi connectivity index (χ1) is 7.77. The van der Waals surface area contributed by atoms with Crippen molar-refractivity contribution in [2.24, 2.45) is 5.92 Å². The van der Waals surface area contributed by atoms with Gasteiger partial charge in [-0.1, -0.05) is 0 Å². The molecule has 0 unspecified atom stereocenters. The van der Waals surface area contributed by atoms with Gasteiger partial charge in [-0.05, 0) is 18.8 Å². The van der Waals surface area contributed by atoms with Crippen LogP contribution in [0.2, 0.25) is 0 Å². The lowest BCUT2D eigenvalue weighted by Crippen LogP contribution is -2.27. The summed E-state index contributed by atoms with van der Waals surface area (Å²) in [4.78, 5) is 11.5. The van der Waals surface area contributed by atoms with Crippen LogP contribution in [0, 0.1) is 5.92 Å². The molecule has 0 saturated heterocycles. The van der Waals surface area contributed by atoms with E-state index in [1.54, 1.807) is 0 Å². The van der Waals surface area contributed by atoms with Gasteiger partial charge in [-0.2, -0.15) is 5.10 Å². The van der Waals surface area contributed by atoms with Crippen molar-refractivity contribution in [3.63, 3.8) is 0 Å². The van der Waals surface area contributed by atoms with Crippen LogP contribution in [0.5, 0.6) is 0 Å². The third-order valence-corrected chi connectivity index (χ3v) is 2.50. The largest absolute Gasteiger partial charge is 0.383 e. The minimum Gasteiger partial charge on any atom is -0.383 e. The van der Waals surface area contributed by atoms with Gasteiger partial charge in [0.15, 0.2) is 0 Å². The molecule has 6 heteroatoms. The van der Waals surface area contributed by atoms with Gasteiger partial charge in [0.25, 0.3) is 5.91 Å². The zero-order valence-corrected chi connectivity index (χ0v) is 9.03. The van der Waals surface area contributed by atoms with E-state index in [4.69, 9.17) is 10.5 Å². The monoisotopic (exact) mass is 224 g/mol. The van der Waals surface area contributed by atoms with E-state index in [2.05, 4.69) is 15.5 Å². The summed E-state index contributed by atoms with van der Waals surface area (Å²) in [6, 6.07) is 0. The normalized spacial score (nSPS) is 15.0. The van der Waals surface area contributed by atoms with E-state index in [0.29, 0.717) is 18.7 Å². The SMILES string of the molecule is Nc1[nH]ncc1C(=O)NCCOCC1CC1. The molecule has 1 aromatic heterocycles. The van der Waals surface area contributed by atoms with Crippen molar-refractivity contribution in [1.82, 2.24) is 15.5 Å². The van der Waals surface area contributed by atoms with Crippen LogP contribution in [0.1, 0.15) is 23.2 Å². The second kappa shape index (κ2) is 4.98. The number of hydrogen-bond donors (Lipinski definition) is 3. The van der Waals surface area contributed by atoms with Crippen LogP contribution < -0.4 is 11.1 Å². The zero-order chi connectivity index (χ0) is 11.4. The molecule has 16 heavy (non-hydrogen) atoms. The molecule has 1 amide bonds. The number of carbonyl (C=O) groups is 1. The summed E-state index contributed by atoms with van der Waals surface area (Å²) in [7, 11) is 0. The number of aromatic nitrogens is 2. The van der Waals surface area contributed by atoms with Gasteiger partial charge in [0.2, 0.25) is 0 Å². The summed E-state index contributed by atoms with van der Waals surface area (Å²) < 4.78 is 5.39. The molecule has 88 valence electrons. The van der Waals surface area contributed by atoms with Crippen molar-refractivity contribution < 1.29 is 9.53 Å². The fourth-order valence-corrected chi connectivity index (χ4v) is 1.34. The molecule has 4 N–H and O–H groups in total. The molecule has 0 aliphatic heterocycles. The van der Waals surface area contributed by atoms with Gasteiger partial charge in [-0.15, -0.1) is 0 Å². The Kier molecular flexibility index (Phi) is 3.40. The Labute approximate surface area is 93.5 Å². The molecule has 1 aromatic rings. The second-order valence-electron chi connectivity index (χ2n) is 3.97. The molecule has 0 aromatic carbocycles. The van der Waals surface area contributed by atoms with Gasteiger partial charge >= 0.3 is 0 Å². The highest BCUT2D eigenvalue weighted by molar-refractivity contribution is 5.98. The van der Waals surface area contributed by atoms with Crippen LogP contribution >= 0.6 is 0 Å². The van der Waals surface area contributed by atoms with Crippen LogP contribution in [-0.4, -0.2) is 35.9 Å². The highest BCUT2D eigenvalue weighted by atomic mass is 16.5. The molecule has 2 rings (SSSR count). The minimum atomic E-state index is -0.221. The summed E-state index contributed by atoms with van der Waals surface area (Å²) in [6.45, 7) is 1.85. The first-order valence-electron chi connectivity index (χ1n) is 5.42. The smallest absolute Gasteiger partial charge is 0.256 e. The van der Waals surface area contributed by atoms with Crippen LogP contribution in [0.3, 0.4) is 0 Å². The molecule has 0 spiro atoms. The van der Waals surface area contributed by atoms with E-state index in [1.807, 2.05) is 0 Å². The average Bonchev–Trinajstić information content (AvgIpc) is 2.99. The number of rotatable bonds is 6. The van der Waals surface area contributed by atoms with E-state index >= 15 is 0 Å². The zero-order valence-electron chi connectivity index (χ0n) is 9.03. The van der Waals surface area contributed by atoms with Gasteiger partial charge in [0.05, 0.1) is 12.8 Å². The van der Waals surface area contributed by atoms with Crippen LogP contribution in [0.4, 0.5) is 5.82 Å². The summed E-state index contributed by atoms with van der Waals surface area (Å²) in [5, 5.41) is 8.90. The van der Waals surface area contributed by atoms with E-state index in [9.17, 15) is 4.79 Å². The number of nitrogens with zero attached hydrogens (tertiary/aromatic N) is 1. The number of H-pyrrole nitrogens is 1. The Bertz CT molecular complexity index is 359. The molecule has 1 heterocycles. The van der Waals surface area contributed by atoms with Gasteiger partial charge in [-0.3, -0.25) is 9.89 Å². The molecule has 1 aliphatic carbocycles. The Morgan fingerprint density at radius 1 is 1.69 bits per heavy atom. The van der Waals surface area contributed by atoms with Crippen molar-refractivity contribution in [3.05, 3.63) is 11.8 Å². The second-order valence-corrected chi connectivity index (χ2v) is 3.97. The number of hydrogen-bond acceptors (Lipinski definition) is 4. The molecule has 6 nitrogen and oxygen atoms in total. The number of amides is 1. The van der Waals surface area contributed by atoms with Crippen molar-refractivity contribution in [3.8, 4) is 0 Å². The standard InChI is InChI=1S/C10H16N4O2/c11-9-8(5-13-14-9)10(15)12-3-4-16-6-7-1-2-7/h5,7H,1-4,6H2,(H,12,15)(H3,11,13,14). The van der Waals surface area contributed by atoms with Gasteiger partial charge in [0.1, 0.15) is 11.4 Å². The molecule has 1 aliphatic rings. The average molecular weight is 224 g/mol. The lowest BCUT2D eigenvalue weighted by molar-refractivity contribution is 0.0907. The highest BCUT2D eigenvalue weighted by Crippen LogP contribution is 2.28. The molecule has 0 radical (unpaired) electrons. The number of carbonyl (C=O) groups excluding carboxylic acids is 1. The molecule has 1 fully saturated rings. The number of nitrogens with one attached hydrogen (secondary N) is 2. The van der Waals surface area contributed by atoms with Crippen LogP contribution in [0.15, 0.2) is 6.20 Å². The number of nitrogens with two attached hydrogens (primary N) is 1. The minimum absolute atomic E-state index is 0.221. The van der Waals surface area contributed by atoms with Gasteiger partial charge in [-0.25, -0.2) is 0 Å². The lowest BCUT2D eigenvalue weighted by Gasteiger charge is -2.05. The third-order valence-electron chi connectivity index (χ3n) is 2.50. The topological polar surface area (TPSA) is 93.0 Å². The van der Waals surface area contributed by atoms with Crippen molar-refractivity contribution in [1.29, 1.82) is 0 Å². The van der Waals surface area contributed by atoms with Crippen molar-refractivity contribution >= 4 is 11.7 Å². The number of ether oxygens (including phenoxy) is 1. The quantitative estimate of drug-likeness (QED) is 0.599. The molecule has 1 saturated carbocycles. The van der Waals surface area contributed by atoms with E-state index in [-0.39, 0.29) is 11.7 Å². The maximum absolute atomic E-state index is 11.5. The molecule has 0 atom stereocenters. The van der Waals surface area contributed by atoms with E-state index < -0.39 is 0 Å². The number of aromatic amines is 1. The predicted octanol–water partition coefficient (Wildman–Crippen LogP) is 0.148. The van der Waals surface area contributed by atoms with Crippen LogP contribution in [0.25, 0.3) is 0 Å². The predicted molar refractivity (Wildman–Crippen MR) is 58.9 cm³/mol. The first-order valence-corrected chi connectivity index (χ1v) is 5.42. The lowest BCUT2D eigenvalue weighted by atomic mass is 10.3. The number of nitrogen functional groups attached to an aromatic ring is 1.